The maximum atomic E-state index is 12.0. The summed E-state index contributed by atoms with van der Waals surface area (Å²) in [5, 5.41) is 20.5. The third kappa shape index (κ3) is 3.29. The molecule has 0 heterocycles. The standard InChI is InChI=1S/C16H13NO5/c1-22-16-9-7-11(10-13(16)17(20)21)6-8-15(19)12-4-2-3-5-14(12)18/h2-10,18H,1H3. The van der Waals surface area contributed by atoms with Gasteiger partial charge in [-0.25, -0.2) is 0 Å². The largest absolute Gasteiger partial charge is 0.507 e. The predicted molar refractivity (Wildman–Crippen MR) is 81.1 cm³/mol. The number of allylic oxidation sites excluding steroid dienone is 1. The van der Waals surface area contributed by atoms with Gasteiger partial charge in [-0.05, 0) is 29.8 Å². The minimum Gasteiger partial charge on any atom is -0.507 e. The van der Waals surface area contributed by atoms with Crippen LogP contribution in [0.1, 0.15) is 15.9 Å². The van der Waals surface area contributed by atoms with Gasteiger partial charge in [-0.3, -0.25) is 14.9 Å². The van der Waals surface area contributed by atoms with Gasteiger partial charge in [-0.1, -0.05) is 24.3 Å². The van der Waals surface area contributed by atoms with Crippen LogP contribution in [-0.2, 0) is 0 Å². The molecular formula is C16H13NO5. The number of hydrogen-bond acceptors (Lipinski definition) is 5. The Hall–Kier alpha value is -3.15. The fraction of sp³-hybridized carbons (Fsp3) is 0.0625. The molecule has 0 saturated heterocycles. The van der Waals surface area contributed by atoms with E-state index in [1.807, 2.05) is 0 Å². The summed E-state index contributed by atoms with van der Waals surface area (Å²) in [5.74, 6) is -0.358. The number of rotatable bonds is 5. The Morgan fingerprint density at radius 2 is 2.00 bits per heavy atom. The minimum absolute atomic E-state index is 0.113. The maximum absolute atomic E-state index is 12.0. The Kier molecular flexibility index (Phi) is 4.53. The van der Waals surface area contributed by atoms with Gasteiger partial charge in [0.1, 0.15) is 5.75 Å². The molecule has 6 nitrogen and oxygen atoms in total. The molecule has 0 bridgehead atoms. The number of hydrogen-bond donors (Lipinski definition) is 1. The number of ether oxygens (including phenoxy) is 1. The summed E-state index contributed by atoms with van der Waals surface area (Å²) in [6.07, 6.45) is 2.70. The molecule has 112 valence electrons. The summed E-state index contributed by atoms with van der Waals surface area (Å²) in [5.41, 5.74) is 0.470. The molecule has 0 aliphatic heterocycles. The quantitative estimate of drug-likeness (QED) is 0.396. The molecule has 0 saturated carbocycles. The Morgan fingerprint density at radius 1 is 1.27 bits per heavy atom. The average molecular weight is 299 g/mol. The van der Waals surface area contributed by atoms with Crippen LogP contribution in [0, 0.1) is 10.1 Å². The van der Waals surface area contributed by atoms with E-state index in [4.69, 9.17) is 4.74 Å². The Balaban J connectivity index is 2.27. The van der Waals surface area contributed by atoms with Crippen molar-refractivity contribution >= 4 is 17.5 Å². The Labute approximate surface area is 126 Å². The maximum Gasteiger partial charge on any atom is 0.311 e. The highest BCUT2D eigenvalue weighted by atomic mass is 16.6. The van der Waals surface area contributed by atoms with Crippen molar-refractivity contribution in [3.8, 4) is 11.5 Å². The third-order valence-electron chi connectivity index (χ3n) is 3.00. The number of benzene rings is 2. The molecule has 2 aromatic rings. The molecule has 0 radical (unpaired) electrons. The lowest BCUT2D eigenvalue weighted by Gasteiger charge is -2.02. The first-order valence-corrected chi connectivity index (χ1v) is 6.35. The lowest BCUT2D eigenvalue weighted by atomic mass is 10.1. The molecule has 6 heteroatoms. The van der Waals surface area contributed by atoms with E-state index >= 15 is 0 Å². The zero-order valence-corrected chi connectivity index (χ0v) is 11.7. The van der Waals surface area contributed by atoms with E-state index in [0.717, 1.165) is 0 Å². The number of nitrogens with zero attached hydrogens (tertiary/aromatic N) is 1. The summed E-state index contributed by atoms with van der Waals surface area (Å²) < 4.78 is 4.91. The van der Waals surface area contributed by atoms with Crippen LogP contribution in [-0.4, -0.2) is 22.9 Å². The van der Waals surface area contributed by atoms with E-state index < -0.39 is 10.7 Å². The summed E-state index contributed by atoms with van der Waals surface area (Å²) in [4.78, 5) is 22.4. The molecule has 1 N–H and O–H groups in total. The van der Waals surface area contributed by atoms with Crippen LogP contribution in [0.3, 0.4) is 0 Å². The Morgan fingerprint density at radius 3 is 2.64 bits per heavy atom. The van der Waals surface area contributed by atoms with Crippen molar-refractivity contribution in [1.29, 1.82) is 0 Å². The van der Waals surface area contributed by atoms with E-state index in [9.17, 15) is 20.0 Å². The SMILES string of the molecule is COc1ccc(C=CC(=O)c2ccccc2O)cc1[N+](=O)[O-]. The molecule has 0 amide bonds. The molecule has 0 aliphatic rings. The summed E-state index contributed by atoms with van der Waals surface area (Å²) >= 11 is 0. The van der Waals surface area contributed by atoms with Crippen LogP contribution in [0.5, 0.6) is 11.5 Å². The van der Waals surface area contributed by atoms with E-state index in [1.165, 1.54) is 43.5 Å². The highest BCUT2D eigenvalue weighted by Crippen LogP contribution is 2.28. The van der Waals surface area contributed by atoms with Crippen molar-refractivity contribution in [3.63, 3.8) is 0 Å². The van der Waals surface area contributed by atoms with E-state index in [-0.39, 0.29) is 22.7 Å². The zero-order valence-electron chi connectivity index (χ0n) is 11.7. The first-order valence-electron chi connectivity index (χ1n) is 6.35. The predicted octanol–water partition coefficient (Wildman–Crippen LogP) is 3.21. The first kappa shape index (κ1) is 15.2. The van der Waals surface area contributed by atoms with E-state index in [1.54, 1.807) is 18.2 Å². The van der Waals surface area contributed by atoms with Gasteiger partial charge in [0, 0.05) is 6.07 Å². The van der Waals surface area contributed by atoms with Crippen LogP contribution in [0.4, 0.5) is 5.69 Å². The number of phenols is 1. The third-order valence-corrected chi connectivity index (χ3v) is 3.00. The van der Waals surface area contributed by atoms with Crippen LogP contribution in [0.2, 0.25) is 0 Å². The summed E-state index contributed by atoms with van der Waals surface area (Å²) in [6.45, 7) is 0. The molecule has 2 rings (SSSR count). The lowest BCUT2D eigenvalue weighted by Crippen LogP contribution is -1.95. The molecule has 0 aromatic heterocycles. The number of methoxy groups -OCH3 is 1. The van der Waals surface area contributed by atoms with Crippen molar-refractivity contribution in [2.75, 3.05) is 7.11 Å². The Bertz CT molecular complexity index is 752. The van der Waals surface area contributed by atoms with Crippen molar-refractivity contribution in [3.05, 3.63) is 69.8 Å². The van der Waals surface area contributed by atoms with Gasteiger partial charge < -0.3 is 9.84 Å². The second-order valence-electron chi connectivity index (χ2n) is 4.40. The van der Waals surface area contributed by atoms with Crippen molar-refractivity contribution < 1.29 is 19.6 Å². The zero-order chi connectivity index (χ0) is 16.1. The molecule has 2 aromatic carbocycles. The van der Waals surface area contributed by atoms with Crippen molar-refractivity contribution in [2.45, 2.75) is 0 Å². The molecule has 0 unspecified atom stereocenters. The molecule has 0 fully saturated rings. The topological polar surface area (TPSA) is 89.7 Å². The highest BCUT2D eigenvalue weighted by molar-refractivity contribution is 6.08. The second kappa shape index (κ2) is 6.53. The van der Waals surface area contributed by atoms with Crippen molar-refractivity contribution in [1.82, 2.24) is 0 Å². The highest BCUT2D eigenvalue weighted by Gasteiger charge is 2.14. The van der Waals surface area contributed by atoms with Gasteiger partial charge in [0.25, 0.3) is 0 Å². The summed E-state index contributed by atoms with van der Waals surface area (Å²) in [7, 11) is 1.35. The van der Waals surface area contributed by atoms with Crippen LogP contribution in [0.15, 0.2) is 48.5 Å². The fourth-order valence-electron chi connectivity index (χ4n) is 1.90. The molecule has 0 atom stereocenters. The van der Waals surface area contributed by atoms with E-state index in [0.29, 0.717) is 5.56 Å². The van der Waals surface area contributed by atoms with Gasteiger partial charge in [-0.15, -0.1) is 0 Å². The number of ketones is 1. The van der Waals surface area contributed by atoms with Gasteiger partial charge in [0.05, 0.1) is 17.6 Å². The molecule has 0 spiro atoms. The minimum atomic E-state index is -0.555. The van der Waals surface area contributed by atoms with Gasteiger partial charge >= 0.3 is 5.69 Å². The molecule has 0 aliphatic carbocycles. The van der Waals surface area contributed by atoms with E-state index in [2.05, 4.69) is 0 Å². The number of phenolic OH excluding ortho intramolecular Hbond substituents is 1. The average Bonchev–Trinajstić information content (AvgIpc) is 2.52. The monoisotopic (exact) mass is 299 g/mol. The first-order chi connectivity index (χ1) is 10.5. The number of carbonyl (C=O) groups is 1. The van der Waals surface area contributed by atoms with Crippen molar-refractivity contribution in [2.24, 2.45) is 0 Å². The molecular weight excluding hydrogens is 286 g/mol. The number of carbonyl (C=O) groups excluding carboxylic acids is 1. The summed E-state index contributed by atoms with van der Waals surface area (Å²) in [6, 6.07) is 10.5. The smallest absolute Gasteiger partial charge is 0.311 e. The van der Waals surface area contributed by atoms with Crippen LogP contribution >= 0.6 is 0 Å². The van der Waals surface area contributed by atoms with Gasteiger partial charge in [0.15, 0.2) is 11.5 Å². The second-order valence-corrected chi connectivity index (χ2v) is 4.40. The van der Waals surface area contributed by atoms with Crippen LogP contribution in [0.25, 0.3) is 6.08 Å². The molecule has 22 heavy (non-hydrogen) atoms. The van der Waals surface area contributed by atoms with Gasteiger partial charge in [0.2, 0.25) is 0 Å². The number of nitro benzene ring substituents is 1. The normalized spacial score (nSPS) is 10.6. The van der Waals surface area contributed by atoms with Gasteiger partial charge in [-0.2, -0.15) is 0 Å². The lowest BCUT2D eigenvalue weighted by molar-refractivity contribution is -0.385. The fourth-order valence-corrected chi connectivity index (χ4v) is 1.90. The number of aromatic hydroxyl groups is 1. The number of nitro groups is 1. The number of para-hydroxylation sites is 1. The van der Waals surface area contributed by atoms with Crippen LogP contribution < -0.4 is 4.74 Å².